The molecule has 1 fully saturated rings. The molecule has 5 heteroatoms. The van der Waals surface area contributed by atoms with Gasteiger partial charge in [-0.2, -0.15) is 0 Å². The van der Waals surface area contributed by atoms with Crippen LogP contribution < -0.4 is 0 Å². The SMILES string of the molecule is CC(C)C(=O)/C=C/C1(n2cc([N+](=O)[O-])c3ccccc32)CC1. The molecule has 1 saturated carbocycles. The van der Waals surface area contributed by atoms with Crippen LogP contribution in [0.2, 0.25) is 0 Å². The molecule has 0 unspecified atom stereocenters. The van der Waals surface area contributed by atoms with Gasteiger partial charge < -0.3 is 4.57 Å². The quantitative estimate of drug-likeness (QED) is 0.479. The van der Waals surface area contributed by atoms with Crippen LogP contribution in [0.4, 0.5) is 5.69 Å². The summed E-state index contributed by atoms with van der Waals surface area (Å²) in [5, 5.41) is 11.9. The van der Waals surface area contributed by atoms with Gasteiger partial charge in [0.1, 0.15) is 0 Å². The first-order valence-electron chi connectivity index (χ1n) is 7.43. The Morgan fingerprint density at radius 1 is 1.36 bits per heavy atom. The molecule has 5 nitrogen and oxygen atoms in total. The summed E-state index contributed by atoms with van der Waals surface area (Å²) < 4.78 is 1.95. The van der Waals surface area contributed by atoms with Gasteiger partial charge in [-0.3, -0.25) is 14.9 Å². The average molecular weight is 298 g/mol. The molecular formula is C17H18N2O3. The number of hydrogen-bond acceptors (Lipinski definition) is 3. The lowest BCUT2D eigenvalue weighted by Gasteiger charge is -2.14. The van der Waals surface area contributed by atoms with Crippen LogP contribution >= 0.6 is 0 Å². The predicted octanol–water partition coefficient (Wildman–Crippen LogP) is 3.82. The standard InChI is InChI=1S/C17H18N2O3/c1-12(2)16(20)7-8-17(9-10-17)18-11-15(19(21)22)13-5-3-4-6-14(13)18/h3-8,11-12H,9-10H2,1-2H3/b8-7+. The monoisotopic (exact) mass is 298 g/mol. The Morgan fingerprint density at radius 3 is 2.64 bits per heavy atom. The number of ketones is 1. The number of allylic oxidation sites excluding steroid dienone is 2. The van der Waals surface area contributed by atoms with E-state index in [2.05, 4.69) is 0 Å². The van der Waals surface area contributed by atoms with Crippen molar-refractivity contribution in [3.8, 4) is 0 Å². The molecule has 0 saturated heterocycles. The Hall–Kier alpha value is -2.43. The Bertz CT molecular complexity index is 782. The summed E-state index contributed by atoms with van der Waals surface area (Å²) in [6.45, 7) is 3.73. The van der Waals surface area contributed by atoms with Crippen molar-refractivity contribution in [1.29, 1.82) is 0 Å². The van der Waals surface area contributed by atoms with Crippen molar-refractivity contribution in [3.05, 3.63) is 52.7 Å². The van der Waals surface area contributed by atoms with E-state index < -0.39 is 0 Å². The van der Waals surface area contributed by atoms with E-state index in [1.807, 2.05) is 36.6 Å². The predicted molar refractivity (Wildman–Crippen MR) is 84.8 cm³/mol. The summed E-state index contributed by atoms with van der Waals surface area (Å²) in [5.74, 6) is 0.0417. The molecule has 0 amide bonds. The van der Waals surface area contributed by atoms with Gasteiger partial charge in [-0.05, 0) is 31.1 Å². The first kappa shape index (κ1) is 14.5. The van der Waals surface area contributed by atoms with Crippen molar-refractivity contribution in [2.24, 2.45) is 5.92 Å². The van der Waals surface area contributed by atoms with Gasteiger partial charge in [0.25, 0.3) is 5.69 Å². The molecule has 0 spiro atoms. The van der Waals surface area contributed by atoms with Gasteiger partial charge in [-0.1, -0.05) is 32.1 Å². The van der Waals surface area contributed by atoms with Crippen LogP contribution in [-0.4, -0.2) is 15.3 Å². The number of fused-ring (bicyclic) bond motifs is 1. The summed E-state index contributed by atoms with van der Waals surface area (Å²) in [5.41, 5.74) is 0.664. The van der Waals surface area contributed by atoms with Crippen LogP contribution in [-0.2, 0) is 10.3 Å². The van der Waals surface area contributed by atoms with Crippen molar-refractivity contribution in [2.75, 3.05) is 0 Å². The summed E-state index contributed by atoms with van der Waals surface area (Å²) >= 11 is 0. The normalized spacial score (nSPS) is 16.5. The molecule has 3 rings (SSSR count). The number of rotatable bonds is 5. The van der Waals surface area contributed by atoms with Gasteiger partial charge in [0.2, 0.25) is 0 Å². The second-order valence-electron chi connectivity index (χ2n) is 6.15. The van der Waals surface area contributed by atoms with Gasteiger partial charge in [0.15, 0.2) is 5.78 Å². The topological polar surface area (TPSA) is 65.1 Å². The minimum atomic E-state index is -0.349. The molecule has 2 aromatic rings. The van der Waals surface area contributed by atoms with Gasteiger partial charge in [0.05, 0.1) is 27.6 Å². The molecule has 1 aromatic carbocycles. The van der Waals surface area contributed by atoms with E-state index >= 15 is 0 Å². The minimum Gasteiger partial charge on any atom is -0.331 e. The first-order chi connectivity index (χ1) is 10.4. The van der Waals surface area contributed by atoms with Gasteiger partial charge in [-0.25, -0.2) is 0 Å². The van der Waals surface area contributed by atoms with E-state index in [0.717, 1.165) is 18.4 Å². The van der Waals surface area contributed by atoms with Crippen molar-refractivity contribution in [1.82, 2.24) is 4.57 Å². The molecular weight excluding hydrogens is 280 g/mol. The molecule has 0 atom stereocenters. The lowest BCUT2D eigenvalue weighted by molar-refractivity contribution is -0.383. The number of carbonyl (C=O) groups excluding carboxylic acids is 1. The Balaban J connectivity index is 2.07. The maximum Gasteiger partial charge on any atom is 0.294 e. The highest BCUT2D eigenvalue weighted by atomic mass is 16.6. The van der Waals surface area contributed by atoms with Crippen LogP contribution in [0.25, 0.3) is 10.9 Å². The number of nitrogens with zero attached hydrogens (tertiary/aromatic N) is 2. The number of carbonyl (C=O) groups is 1. The third-order valence-corrected chi connectivity index (χ3v) is 4.26. The minimum absolute atomic E-state index is 0.0391. The van der Waals surface area contributed by atoms with E-state index in [9.17, 15) is 14.9 Å². The second kappa shape index (κ2) is 5.09. The van der Waals surface area contributed by atoms with Crippen LogP contribution in [0, 0.1) is 16.0 Å². The summed E-state index contributed by atoms with van der Waals surface area (Å²) in [7, 11) is 0. The smallest absolute Gasteiger partial charge is 0.294 e. The average Bonchev–Trinajstić information content (AvgIpc) is 3.17. The van der Waals surface area contributed by atoms with Crippen molar-refractivity contribution in [3.63, 3.8) is 0 Å². The van der Waals surface area contributed by atoms with E-state index in [-0.39, 0.29) is 27.9 Å². The number of benzene rings is 1. The van der Waals surface area contributed by atoms with Gasteiger partial charge >= 0.3 is 0 Å². The zero-order valence-electron chi connectivity index (χ0n) is 12.7. The Labute approximate surface area is 128 Å². The van der Waals surface area contributed by atoms with Crippen LogP contribution in [0.15, 0.2) is 42.6 Å². The van der Waals surface area contributed by atoms with Crippen LogP contribution in [0.3, 0.4) is 0 Å². The van der Waals surface area contributed by atoms with Gasteiger partial charge in [-0.15, -0.1) is 0 Å². The molecule has 114 valence electrons. The molecule has 1 aliphatic rings. The zero-order valence-corrected chi connectivity index (χ0v) is 12.7. The maximum atomic E-state index is 11.8. The van der Waals surface area contributed by atoms with Crippen LogP contribution in [0.5, 0.6) is 0 Å². The number of para-hydroxylation sites is 1. The molecule has 1 heterocycles. The maximum absolute atomic E-state index is 11.8. The molecule has 1 aromatic heterocycles. The molecule has 0 aliphatic heterocycles. The van der Waals surface area contributed by atoms with Crippen molar-refractivity contribution < 1.29 is 9.72 Å². The number of aromatic nitrogens is 1. The molecule has 0 radical (unpaired) electrons. The van der Waals surface area contributed by atoms with E-state index in [0.29, 0.717) is 5.39 Å². The third kappa shape index (κ3) is 2.32. The Kier molecular flexibility index (Phi) is 3.35. The molecule has 0 bridgehead atoms. The fourth-order valence-corrected chi connectivity index (χ4v) is 2.72. The third-order valence-electron chi connectivity index (χ3n) is 4.26. The number of nitro groups is 1. The fourth-order valence-electron chi connectivity index (χ4n) is 2.72. The molecule has 1 aliphatic carbocycles. The summed E-state index contributed by atoms with van der Waals surface area (Å²) in [6.07, 6.45) is 6.92. The first-order valence-corrected chi connectivity index (χ1v) is 7.43. The summed E-state index contributed by atoms with van der Waals surface area (Å²) in [6, 6.07) is 7.34. The van der Waals surface area contributed by atoms with Gasteiger partial charge in [0, 0.05) is 5.92 Å². The van der Waals surface area contributed by atoms with E-state index in [4.69, 9.17) is 0 Å². The second-order valence-corrected chi connectivity index (χ2v) is 6.15. The highest BCUT2D eigenvalue weighted by molar-refractivity contribution is 5.92. The Morgan fingerprint density at radius 2 is 2.05 bits per heavy atom. The lowest BCUT2D eigenvalue weighted by Crippen LogP contribution is -2.14. The largest absolute Gasteiger partial charge is 0.331 e. The summed E-state index contributed by atoms with van der Waals surface area (Å²) in [4.78, 5) is 22.7. The molecule has 0 N–H and O–H groups in total. The van der Waals surface area contributed by atoms with Crippen LogP contribution in [0.1, 0.15) is 26.7 Å². The fraction of sp³-hybridized carbons (Fsp3) is 0.353. The molecule has 22 heavy (non-hydrogen) atoms. The van der Waals surface area contributed by atoms with Crippen molar-refractivity contribution >= 4 is 22.4 Å². The highest BCUT2D eigenvalue weighted by Crippen LogP contribution is 2.48. The van der Waals surface area contributed by atoms with Crippen molar-refractivity contribution in [2.45, 2.75) is 32.2 Å². The van der Waals surface area contributed by atoms with E-state index in [1.165, 1.54) is 0 Å². The lowest BCUT2D eigenvalue weighted by atomic mass is 10.1. The number of hydrogen-bond donors (Lipinski definition) is 0. The zero-order chi connectivity index (χ0) is 15.9. The highest BCUT2D eigenvalue weighted by Gasteiger charge is 2.44. The van der Waals surface area contributed by atoms with E-state index in [1.54, 1.807) is 24.4 Å².